The smallest absolute Gasteiger partial charge is 0.0572 e. The van der Waals surface area contributed by atoms with Crippen molar-refractivity contribution in [1.82, 2.24) is 4.90 Å². The summed E-state index contributed by atoms with van der Waals surface area (Å²) in [5.74, 6) is 0.443. The van der Waals surface area contributed by atoms with E-state index in [9.17, 15) is 5.11 Å². The van der Waals surface area contributed by atoms with Crippen molar-refractivity contribution in [1.29, 1.82) is 0 Å². The van der Waals surface area contributed by atoms with Crippen LogP contribution in [0, 0.1) is 5.92 Å². The molecule has 140 valence electrons. The van der Waals surface area contributed by atoms with Crippen LogP contribution in [0.15, 0.2) is 54.6 Å². The highest BCUT2D eigenvalue weighted by Gasteiger charge is 2.25. The molecule has 2 aromatic rings. The van der Waals surface area contributed by atoms with Gasteiger partial charge in [0.15, 0.2) is 0 Å². The summed E-state index contributed by atoms with van der Waals surface area (Å²) in [5.41, 5.74) is 9.69. The number of nitrogens with zero attached hydrogens (tertiary/aromatic N) is 1. The maximum absolute atomic E-state index is 10.6. The summed E-state index contributed by atoms with van der Waals surface area (Å²) in [6, 6.07) is 19.3. The number of hydrogen-bond acceptors (Lipinski definition) is 3. The van der Waals surface area contributed by atoms with Crippen molar-refractivity contribution < 1.29 is 5.11 Å². The minimum Gasteiger partial charge on any atom is -0.393 e. The van der Waals surface area contributed by atoms with E-state index in [4.69, 9.17) is 5.73 Å². The van der Waals surface area contributed by atoms with Gasteiger partial charge in [0, 0.05) is 6.54 Å². The van der Waals surface area contributed by atoms with Crippen molar-refractivity contribution in [2.24, 2.45) is 11.7 Å². The van der Waals surface area contributed by atoms with Gasteiger partial charge < -0.3 is 10.8 Å². The Morgan fingerprint density at radius 2 is 1.62 bits per heavy atom. The molecule has 3 rings (SSSR count). The largest absolute Gasteiger partial charge is 0.393 e. The van der Waals surface area contributed by atoms with E-state index in [1.807, 2.05) is 6.07 Å². The van der Waals surface area contributed by atoms with Crippen molar-refractivity contribution in [3.63, 3.8) is 0 Å². The number of likely N-dealkylation sites (tertiary alicyclic amines) is 1. The van der Waals surface area contributed by atoms with Gasteiger partial charge in [-0.05, 0) is 74.3 Å². The Balaban J connectivity index is 1.43. The highest BCUT2D eigenvalue weighted by Crippen LogP contribution is 2.24. The van der Waals surface area contributed by atoms with Gasteiger partial charge in [0.2, 0.25) is 0 Å². The molecule has 0 saturated carbocycles. The molecule has 1 saturated heterocycles. The van der Waals surface area contributed by atoms with Crippen molar-refractivity contribution in [3.8, 4) is 0 Å². The molecule has 2 aromatic carbocycles. The molecular weight excluding hydrogens is 320 g/mol. The molecule has 1 aliphatic heterocycles. The molecule has 0 aliphatic carbocycles. The maximum Gasteiger partial charge on any atom is 0.0572 e. The first-order valence-electron chi connectivity index (χ1n) is 9.97. The van der Waals surface area contributed by atoms with Crippen LogP contribution in [0.4, 0.5) is 0 Å². The Hall–Kier alpha value is -1.68. The number of aliphatic hydroxyl groups excluding tert-OH is 1. The van der Waals surface area contributed by atoms with E-state index in [1.165, 1.54) is 16.7 Å². The molecule has 1 aliphatic rings. The number of piperidine rings is 1. The lowest BCUT2D eigenvalue weighted by atomic mass is 9.88. The third-order valence-corrected chi connectivity index (χ3v) is 5.58. The first-order valence-corrected chi connectivity index (χ1v) is 9.97. The van der Waals surface area contributed by atoms with Crippen LogP contribution in [-0.2, 0) is 19.4 Å². The molecule has 26 heavy (non-hydrogen) atoms. The van der Waals surface area contributed by atoms with E-state index in [2.05, 4.69) is 53.4 Å². The molecule has 0 unspecified atom stereocenters. The topological polar surface area (TPSA) is 49.5 Å². The number of benzene rings is 2. The Morgan fingerprint density at radius 1 is 0.923 bits per heavy atom. The van der Waals surface area contributed by atoms with Crippen LogP contribution in [0.1, 0.15) is 36.0 Å². The minimum absolute atomic E-state index is 0.176. The van der Waals surface area contributed by atoms with Gasteiger partial charge >= 0.3 is 0 Å². The van der Waals surface area contributed by atoms with E-state index in [1.54, 1.807) is 0 Å². The lowest BCUT2D eigenvalue weighted by molar-refractivity contribution is 0.0519. The summed E-state index contributed by atoms with van der Waals surface area (Å²) < 4.78 is 0. The fourth-order valence-corrected chi connectivity index (χ4v) is 4.00. The van der Waals surface area contributed by atoms with Crippen molar-refractivity contribution in [3.05, 3.63) is 71.3 Å². The first kappa shape index (κ1) is 19.1. The zero-order chi connectivity index (χ0) is 18.2. The molecule has 3 heteroatoms. The van der Waals surface area contributed by atoms with E-state index in [0.29, 0.717) is 12.5 Å². The number of aryl methyl sites for hydroxylation is 1. The second-order valence-electron chi connectivity index (χ2n) is 7.56. The molecule has 0 bridgehead atoms. The number of nitrogens with two attached hydrogens (primary N) is 1. The van der Waals surface area contributed by atoms with Gasteiger partial charge in [-0.3, -0.25) is 4.90 Å². The second kappa shape index (κ2) is 9.86. The van der Waals surface area contributed by atoms with Gasteiger partial charge in [-0.15, -0.1) is 0 Å². The highest BCUT2D eigenvalue weighted by molar-refractivity contribution is 5.23. The minimum atomic E-state index is -0.176. The zero-order valence-electron chi connectivity index (χ0n) is 15.7. The molecule has 1 heterocycles. The maximum atomic E-state index is 10.6. The number of hydrogen-bond donors (Lipinski definition) is 2. The molecule has 1 atom stereocenters. The summed E-state index contributed by atoms with van der Waals surface area (Å²) in [7, 11) is 0. The first-order chi connectivity index (χ1) is 12.7. The fourth-order valence-electron chi connectivity index (χ4n) is 4.00. The molecule has 0 radical (unpaired) electrons. The normalized spacial score (nSPS) is 17.3. The van der Waals surface area contributed by atoms with Gasteiger partial charge in [-0.1, -0.05) is 54.6 Å². The molecule has 1 fully saturated rings. The Labute approximate surface area is 157 Å². The molecule has 3 N–H and O–H groups in total. The lowest BCUT2D eigenvalue weighted by Crippen LogP contribution is -2.37. The molecule has 0 amide bonds. The predicted molar refractivity (Wildman–Crippen MR) is 108 cm³/mol. The van der Waals surface area contributed by atoms with Gasteiger partial charge in [-0.2, -0.15) is 0 Å². The standard InChI is InChI=1S/C23H32N2O/c24-14-11-20-7-4-8-21(17-20)18-25-15-12-22(13-16-25)23(26)10-9-19-5-2-1-3-6-19/h1-8,17,22-23,26H,9-16,18,24H2/t23-/m0/s1. The molecular formula is C23H32N2O. The quantitative estimate of drug-likeness (QED) is 0.766. The Kier molecular flexibility index (Phi) is 7.24. The van der Waals surface area contributed by atoms with E-state index >= 15 is 0 Å². The molecule has 0 spiro atoms. The Morgan fingerprint density at radius 3 is 2.35 bits per heavy atom. The van der Waals surface area contributed by atoms with Crippen LogP contribution in [-0.4, -0.2) is 35.7 Å². The van der Waals surface area contributed by atoms with Gasteiger partial charge in [-0.25, -0.2) is 0 Å². The summed E-state index contributed by atoms with van der Waals surface area (Å²) in [6.45, 7) is 3.86. The third kappa shape index (κ3) is 5.66. The third-order valence-electron chi connectivity index (χ3n) is 5.58. The molecule has 3 nitrogen and oxygen atoms in total. The lowest BCUT2D eigenvalue weighted by Gasteiger charge is -2.34. The van der Waals surface area contributed by atoms with Crippen molar-refractivity contribution in [2.75, 3.05) is 19.6 Å². The average molecular weight is 353 g/mol. The van der Waals surface area contributed by atoms with E-state index in [-0.39, 0.29) is 6.10 Å². The van der Waals surface area contributed by atoms with E-state index < -0.39 is 0 Å². The van der Waals surface area contributed by atoms with E-state index in [0.717, 1.165) is 51.7 Å². The summed E-state index contributed by atoms with van der Waals surface area (Å²) in [4.78, 5) is 2.52. The van der Waals surface area contributed by atoms with Crippen LogP contribution in [0.25, 0.3) is 0 Å². The molecule has 0 aromatic heterocycles. The number of aliphatic hydroxyl groups is 1. The van der Waals surface area contributed by atoms with Crippen LogP contribution in [0.2, 0.25) is 0 Å². The predicted octanol–water partition coefficient (Wildman–Crippen LogP) is 3.39. The van der Waals surface area contributed by atoms with Gasteiger partial charge in [0.25, 0.3) is 0 Å². The van der Waals surface area contributed by atoms with Crippen LogP contribution in [0.5, 0.6) is 0 Å². The highest BCUT2D eigenvalue weighted by atomic mass is 16.3. The van der Waals surface area contributed by atoms with Crippen molar-refractivity contribution >= 4 is 0 Å². The monoisotopic (exact) mass is 352 g/mol. The average Bonchev–Trinajstić information content (AvgIpc) is 2.68. The second-order valence-corrected chi connectivity index (χ2v) is 7.56. The van der Waals surface area contributed by atoms with Crippen LogP contribution < -0.4 is 5.73 Å². The Bertz CT molecular complexity index is 650. The van der Waals surface area contributed by atoms with Gasteiger partial charge in [0.1, 0.15) is 0 Å². The summed E-state index contributed by atoms with van der Waals surface area (Å²) in [5, 5.41) is 10.6. The number of rotatable bonds is 8. The SMILES string of the molecule is NCCc1cccc(CN2CCC([C@@H](O)CCc3ccccc3)CC2)c1. The summed E-state index contributed by atoms with van der Waals surface area (Å²) in [6.07, 6.45) is 4.80. The van der Waals surface area contributed by atoms with Crippen molar-refractivity contribution in [2.45, 2.75) is 44.8 Å². The van der Waals surface area contributed by atoms with Gasteiger partial charge in [0.05, 0.1) is 6.10 Å². The van der Waals surface area contributed by atoms with Crippen LogP contribution >= 0.6 is 0 Å². The zero-order valence-corrected chi connectivity index (χ0v) is 15.7. The fraction of sp³-hybridized carbons (Fsp3) is 0.478. The van der Waals surface area contributed by atoms with Crippen LogP contribution in [0.3, 0.4) is 0 Å². The summed E-state index contributed by atoms with van der Waals surface area (Å²) >= 11 is 0.